The third-order valence-electron chi connectivity index (χ3n) is 6.04. The second-order valence-electron chi connectivity index (χ2n) is 8.17. The molecule has 3 heterocycles. The number of aryl methyl sites for hydroxylation is 1. The van der Waals surface area contributed by atoms with Crippen molar-refractivity contribution in [1.82, 2.24) is 24.5 Å². The molecule has 3 aromatic rings. The van der Waals surface area contributed by atoms with E-state index < -0.39 is 0 Å². The first-order chi connectivity index (χ1) is 16.5. The Kier molecular flexibility index (Phi) is 7.24. The van der Waals surface area contributed by atoms with Crippen molar-refractivity contribution >= 4 is 23.5 Å². The summed E-state index contributed by atoms with van der Waals surface area (Å²) in [4.78, 5) is 37.8. The molecule has 180 valence electrons. The number of amides is 1. The largest absolute Gasteiger partial charge is 0.497 e. The summed E-state index contributed by atoms with van der Waals surface area (Å²) in [6.45, 7) is 6.59. The number of hydrogen-bond donors (Lipinski definition) is 0. The maximum atomic E-state index is 12.9. The number of carbonyl (C=O) groups is 2. The topological polar surface area (TPSA) is 102 Å². The van der Waals surface area contributed by atoms with E-state index >= 15 is 0 Å². The predicted octanol–water partition coefficient (Wildman–Crippen LogP) is 1.83. The van der Waals surface area contributed by atoms with Crippen LogP contribution in [0.2, 0.25) is 0 Å². The highest BCUT2D eigenvalue weighted by atomic mass is 16.5. The van der Waals surface area contributed by atoms with E-state index in [-0.39, 0.29) is 18.3 Å². The number of ether oxygens (including phenoxy) is 2. The quantitative estimate of drug-likeness (QED) is 0.464. The molecule has 0 bridgehead atoms. The van der Waals surface area contributed by atoms with Crippen LogP contribution in [0.1, 0.15) is 30.2 Å². The molecule has 10 heteroatoms. The van der Waals surface area contributed by atoms with Gasteiger partial charge in [-0.2, -0.15) is 14.6 Å². The van der Waals surface area contributed by atoms with Crippen LogP contribution >= 0.6 is 0 Å². The number of fused-ring (bicyclic) bond motifs is 1. The zero-order valence-electron chi connectivity index (χ0n) is 19.9. The molecule has 1 aliphatic heterocycles. The Labute approximate surface area is 198 Å². The van der Waals surface area contributed by atoms with E-state index in [9.17, 15) is 9.59 Å². The molecule has 0 atom stereocenters. The molecule has 1 aliphatic rings. The fourth-order valence-electron chi connectivity index (χ4n) is 4.24. The summed E-state index contributed by atoms with van der Waals surface area (Å²) < 4.78 is 12.0. The summed E-state index contributed by atoms with van der Waals surface area (Å²) in [5.41, 5.74) is 2.73. The number of esters is 1. The Morgan fingerprint density at radius 1 is 1.09 bits per heavy atom. The van der Waals surface area contributed by atoms with E-state index in [0.29, 0.717) is 51.4 Å². The lowest BCUT2D eigenvalue weighted by Gasteiger charge is -2.37. The maximum Gasteiger partial charge on any atom is 0.306 e. The smallest absolute Gasteiger partial charge is 0.306 e. The third kappa shape index (κ3) is 5.11. The summed E-state index contributed by atoms with van der Waals surface area (Å²) in [6, 6.07) is 7.58. The highest BCUT2D eigenvalue weighted by Gasteiger charge is 2.26. The third-order valence-corrected chi connectivity index (χ3v) is 6.04. The Morgan fingerprint density at radius 3 is 2.50 bits per heavy atom. The Hall–Kier alpha value is -3.69. The van der Waals surface area contributed by atoms with Crippen molar-refractivity contribution in [2.75, 3.05) is 44.8 Å². The van der Waals surface area contributed by atoms with Crippen LogP contribution in [-0.4, -0.2) is 76.3 Å². The van der Waals surface area contributed by atoms with Crippen LogP contribution in [-0.2, 0) is 27.2 Å². The number of benzene rings is 1. The van der Waals surface area contributed by atoms with Crippen molar-refractivity contribution in [3.63, 3.8) is 0 Å². The van der Waals surface area contributed by atoms with Crippen LogP contribution in [0.25, 0.3) is 5.78 Å². The van der Waals surface area contributed by atoms with Gasteiger partial charge < -0.3 is 19.3 Å². The second-order valence-corrected chi connectivity index (χ2v) is 8.17. The molecule has 4 rings (SSSR count). The van der Waals surface area contributed by atoms with Crippen molar-refractivity contribution in [2.24, 2.45) is 0 Å². The van der Waals surface area contributed by atoms with Gasteiger partial charge in [0.1, 0.15) is 17.9 Å². The van der Waals surface area contributed by atoms with E-state index in [0.717, 1.165) is 28.4 Å². The fourth-order valence-corrected chi connectivity index (χ4v) is 4.24. The molecule has 1 saturated heterocycles. The number of rotatable bonds is 8. The number of methoxy groups -OCH3 is 1. The second kappa shape index (κ2) is 10.5. The lowest BCUT2D eigenvalue weighted by atomic mass is 10.1. The molecule has 1 aromatic carbocycles. The van der Waals surface area contributed by atoms with Gasteiger partial charge in [0.25, 0.3) is 5.78 Å². The number of nitrogens with zero attached hydrogens (tertiary/aromatic N) is 6. The number of hydrogen-bond acceptors (Lipinski definition) is 8. The molecule has 0 N–H and O–H groups in total. The summed E-state index contributed by atoms with van der Waals surface area (Å²) in [6.07, 6.45) is 2.61. The first-order valence-electron chi connectivity index (χ1n) is 11.5. The Bertz CT molecular complexity index is 1150. The lowest BCUT2D eigenvalue weighted by molar-refractivity contribution is -0.143. The van der Waals surface area contributed by atoms with E-state index in [1.54, 1.807) is 18.5 Å². The van der Waals surface area contributed by atoms with Crippen LogP contribution in [0.4, 0.5) is 5.82 Å². The van der Waals surface area contributed by atoms with E-state index in [2.05, 4.69) is 20.0 Å². The Balaban J connectivity index is 1.47. The van der Waals surface area contributed by atoms with E-state index in [1.807, 2.05) is 36.1 Å². The summed E-state index contributed by atoms with van der Waals surface area (Å²) in [5.74, 6) is 2.04. The zero-order valence-corrected chi connectivity index (χ0v) is 19.9. The van der Waals surface area contributed by atoms with Crippen LogP contribution in [0.15, 0.2) is 30.6 Å². The molecule has 10 nitrogen and oxygen atoms in total. The maximum absolute atomic E-state index is 12.9. The van der Waals surface area contributed by atoms with Gasteiger partial charge in [0.05, 0.1) is 20.1 Å². The highest BCUT2D eigenvalue weighted by Crippen LogP contribution is 2.26. The van der Waals surface area contributed by atoms with E-state index in [1.165, 1.54) is 6.33 Å². The van der Waals surface area contributed by atoms with Crippen molar-refractivity contribution in [3.05, 3.63) is 47.4 Å². The molecule has 0 aliphatic carbocycles. The first-order valence-corrected chi connectivity index (χ1v) is 11.5. The van der Waals surface area contributed by atoms with Crippen LogP contribution in [0.5, 0.6) is 5.75 Å². The van der Waals surface area contributed by atoms with Crippen molar-refractivity contribution in [2.45, 2.75) is 33.1 Å². The zero-order chi connectivity index (χ0) is 24.1. The summed E-state index contributed by atoms with van der Waals surface area (Å²) in [7, 11) is 1.62. The molecule has 0 unspecified atom stereocenters. The van der Waals surface area contributed by atoms with Crippen LogP contribution in [0, 0.1) is 6.92 Å². The Morgan fingerprint density at radius 2 is 1.82 bits per heavy atom. The van der Waals surface area contributed by atoms with Gasteiger partial charge in [0.2, 0.25) is 5.91 Å². The minimum absolute atomic E-state index is 0.101. The first kappa shape index (κ1) is 23.5. The molecule has 0 saturated carbocycles. The predicted molar refractivity (Wildman–Crippen MR) is 126 cm³/mol. The average Bonchev–Trinajstić information content (AvgIpc) is 3.31. The van der Waals surface area contributed by atoms with Gasteiger partial charge in [-0.25, -0.2) is 4.98 Å². The van der Waals surface area contributed by atoms with Crippen molar-refractivity contribution in [1.29, 1.82) is 0 Å². The van der Waals surface area contributed by atoms with Gasteiger partial charge in [0, 0.05) is 43.9 Å². The fraction of sp³-hybridized carbons (Fsp3) is 0.458. The van der Waals surface area contributed by atoms with Gasteiger partial charge in [-0.3, -0.25) is 9.59 Å². The molecular weight excluding hydrogens is 436 g/mol. The molecule has 0 spiro atoms. The summed E-state index contributed by atoms with van der Waals surface area (Å²) >= 11 is 0. The van der Waals surface area contributed by atoms with Gasteiger partial charge >= 0.3 is 5.97 Å². The van der Waals surface area contributed by atoms with Gasteiger partial charge in [-0.1, -0.05) is 12.1 Å². The van der Waals surface area contributed by atoms with Crippen LogP contribution < -0.4 is 9.64 Å². The molecule has 0 radical (unpaired) electrons. The molecule has 1 amide bonds. The molecule has 1 fully saturated rings. The van der Waals surface area contributed by atoms with E-state index in [4.69, 9.17) is 9.47 Å². The van der Waals surface area contributed by atoms with Crippen molar-refractivity contribution < 1.29 is 19.1 Å². The minimum atomic E-state index is -0.236. The van der Waals surface area contributed by atoms with Gasteiger partial charge in [0.15, 0.2) is 0 Å². The minimum Gasteiger partial charge on any atom is -0.497 e. The standard InChI is InChI=1S/C24H30N6O4/c1-4-34-22(32)10-9-20-17(2)27-24-25-16-26-30(24)23(20)29-13-11-28(12-14-29)21(31)15-18-5-7-19(33-3)8-6-18/h5-8,16H,4,9-15H2,1-3H3. The van der Waals surface area contributed by atoms with Gasteiger partial charge in [-0.15, -0.1) is 0 Å². The summed E-state index contributed by atoms with van der Waals surface area (Å²) in [5, 5.41) is 4.38. The number of anilines is 1. The average molecular weight is 467 g/mol. The monoisotopic (exact) mass is 466 g/mol. The molecular formula is C24H30N6O4. The van der Waals surface area contributed by atoms with Gasteiger partial charge in [-0.05, 0) is 38.0 Å². The molecule has 2 aromatic heterocycles. The highest BCUT2D eigenvalue weighted by molar-refractivity contribution is 5.79. The van der Waals surface area contributed by atoms with Crippen molar-refractivity contribution in [3.8, 4) is 5.75 Å². The normalized spacial score (nSPS) is 13.9. The molecule has 34 heavy (non-hydrogen) atoms. The number of aromatic nitrogens is 4. The lowest BCUT2D eigenvalue weighted by Crippen LogP contribution is -2.50. The van der Waals surface area contributed by atoms with Crippen LogP contribution in [0.3, 0.4) is 0 Å². The number of piperazine rings is 1. The number of carbonyl (C=O) groups excluding carboxylic acids is 2. The SMILES string of the molecule is CCOC(=O)CCc1c(C)nc2ncnn2c1N1CCN(C(=O)Cc2ccc(OC)cc2)CC1.